The van der Waals surface area contributed by atoms with Gasteiger partial charge in [-0.2, -0.15) is 0 Å². The Balaban J connectivity index is 1.71. The van der Waals surface area contributed by atoms with Crippen molar-refractivity contribution in [3.63, 3.8) is 0 Å². The normalized spacial score (nSPS) is 23.0. The minimum atomic E-state index is -0.233. The third-order valence-electron chi connectivity index (χ3n) is 4.46. The predicted octanol–water partition coefficient (Wildman–Crippen LogP) is 1.59. The number of nitrogens with zero attached hydrogens (tertiary/aromatic N) is 2. The van der Waals surface area contributed by atoms with Gasteiger partial charge in [0.05, 0.1) is 0 Å². The number of rotatable bonds is 4. The van der Waals surface area contributed by atoms with Gasteiger partial charge in [-0.1, -0.05) is 0 Å². The van der Waals surface area contributed by atoms with Gasteiger partial charge in [0.2, 0.25) is 5.91 Å². The Kier molecular flexibility index (Phi) is 4.85. The lowest BCUT2D eigenvalue weighted by atomic mass is 9.98. The molecule has 2 saturated heterocycles. The number of carbonyl (C=O) groups is 1. The molecule has 2 fully saturated rings. The highest BCUT2D eigenvalue weighted by atomic mass is 16.2. The van der Waals surface area contributed by atoms with E-state index in [0.717, 1.165) is 38.4 Å². The number of piperidine rings is 1. The highest BCUT2D eigenvalue weighted by molar-refractivity contribution is 5.76. The number of hydrogen-bond donors (Lipinski definition) is 1. The average molecular weight is 267 g/mol. The van der Waals surface area contributed by atoms with Gasteiger partial charge in [0, 0.05) is 31.1 Å². The van der Waals surface area contributed by atoms with Crippen molar-refractivity contribution < 1.29 is 4.79 Å². The second kappa shape index (κ2) is 6.23. The van der Waals surface area contributed by atoms with Crippen molar-refractivity contribution in [1.82, 2.24) is 9.80 Å². The molecule has 0 saturated carbocycles. The molecule has 0 radical (unpaired) electrons. The minimum absolute atomic E-state index is 0.233. The first kappa shape index (κ1) is 14.8. The van der Waals surface area contributed by atoms with E-state index in [1.54, 1.807) is 0 Å². The molecule has 1 amide bonds. The van der Waals surface area contributed by atoms with E-state index >= 15 is 0 Å². The zero-order valence-electron chi connectivity index (χ0n) is 12.5. The number of hydrogen-bond acceptors (Lipinski definition) is 3. The van der Waals surface area contributed by atoms with Gasteiger partial charge in [-0.05, 0) is 59.0 Å². The van der Waals surface area contributed by atoms with E-state index in [0.29, 0.717) is 12.3 Å². The highest BCUT2D eigenvalue weighted by Crippen LogP contribution is 2.22. The molecule has 0 aliphatic carbocycles. The Morgan fingerprint density at radius 1 is 1.16 bits per heavy atom. The van der Waals surface area contributed by atoms with E-state index in [4.69, 9.17) is 5.73 Å². The largest absolute Gasteiger partial charge is 0.343 e. The Morgan fingerprint density at radius 2 is 1.74 bits per heavy atom. The van der Waals surface area contributed by atoms with Crippen LogP contribution in [0.2, 0.25) is 0 Å². The van der Waals surface area contributed by atoms with Gasteiger partial charge in [-0.15, -0.1) is 0 Å². The lowest BCUT2D eigenvalue weighted by Crippen LogP contribution is -2.46. The van der Waals surface area contributed by atoms with E-state index in [-0.39, 0.29) is 5.54 Å². The number of amides is 1. The van der Waals surface area contributed by atoms with Crippen LogP contribution in [0.4, 0.5) is 0 Å². The molecule has 0 atom stereocenters. The molecule has 0 aromatic carbocycles. The van der Waals surface area contributed by atoms with E-state index in [9.17, 15) is 4.79 Å². The Hall–Kier alpha value is -0.610. The molecular weight excluding hydrogens is 238 g/mol. The first-order valence-corrected chi connectivity index (χ1v) is 7.76. The zero-order chi connectivity index (χ0) is 13.9. The summed E-state index contributed by atoms with van der Waals surface area (Å²) < 4.78 is 0. The zero-order valence-corrected chi connectivity index (χ0v) is 12.5. The van der Waals surface area contributed by atoms with Crippen LogP contribution in [0.3, 0.4) is 0 Å². The lowest BCUT2D eigenvalue weighted by Gasteiger charge is -2.37. The maximum atomic E-state index is 12.1. The molecule has 2 heterocycles. The summed E-state index contributed by atoms with van der Waals surface area (Å²) in [5.41, 5.74) is 5.71. The summed E-state index contributed by atoms with van der Waals surface area (Å²) >= 11 is 0. The smallest absolute Gasteiger partial charge is 0.222 e. The second-order valence-corrected chi connectivity index (χ2v) is 6.84. The van der Waals surface area contributed by atoms with Crippen molar-refractivity contribution in [2.45, 2.75) is 64.0 Å². The lowest BCUT2D eigenvalue weighted by molar-refractivity contribution is -0.133. The molecule has 0 bridgehead atoms. The molecule has 0 spiro atoms. The van der Waals surface area contributed by atoms with Crippen LogP contribution >= 0.6 is 0 Å². The molecule has 2 aliphatic heterocycles. The Morgan fingerprint density at radius 3 is 2.26 bits per heavy atom. The van der Waals surface area contributed by atoms with Crippen molar-refractivity contribution in [2.24, 2.45) is 5.73 Å². The molecule has 0 unspecified atom stereocenters. The molecule has 4 nitrogen and oxygen atoms in total. The van der Waals surface area contributed by atoms with Crippen LogP contribution in [0.15, 0.2) is 0 Å². The van der Waals surface area contributed by atoms with Gasteiger partial charge >= 0.3 is 0 Å². The topological polar surface area (TPSA) is 49.6 Å². The van der Waals surface area contributed by atoms with Crippen molar-refractivity contribution in [1.29, 1.82) is 0 Å². The molecule has 2 rings (SSSR count). The molecule has 19 heavy (non-hydrogen) atoms. The van der Waals surface area contributed by atoms with Gasteiger partial charge in [0.15, 0.2) is 0 Å². The molecule has 2 N–H and O–H groups in total. The molecule has 0 aromatic heterocycles. The summed E-state index contributed by atoms with van der Waals surface area (Å²) in [6.45, 7) is 8.37. The first-order chi connectivity index (χ1) is 8.96. The summed E-state index contributed by atoms with van der Waals surface area (Å²) in [4.78, 5) is 16.8. The number of likely N-dealkylation sites (tertiary alicyclic amines) is 2. The molecular formula is C15H29N3O. The SMILES string of the molecule is CC(C)(N)CCC(=O)N1CCC(N2CCCC2)CC1. The van der Waals surface area contributed by atoms with Gasteiger partial charge in [0.25, 0.3) is 0 Å². The number of nitrogens with two attached hydrogens (primary N) is 1. The quantitative estimate of drug-likeness (QED) is 0.841. The van der Waals surface area contributed by atoms with Crippen LogP contribution in [0.25, 0.3) is 0 Å². The second-order valence-electron chi connectivity index (χ2n) is 6.84. The van der Waals surface area contributed by atoms with Gasteiger partial charge in [-0.25, -0.2) is 0 Å². The monoisotopic (exact) mass is 267 g/mol. The minimum Gasteiger partial charge on any atom is -0.343 e. The van der Waals surface area contributed by atoms with Crippen LogP contribution in [0.1, 0.15) is 52.4 Å². The third kappa shape index (κ3) is 4.46. The van der Waals surface area contributed by atoms with Crippen molar-refractivity contribution in [3.05, 3.63) is 0 Å². The maximum Gasteiger partial charge on any atom is 0.222 e. The molecule has 110 valence electrons. The van der Waals surface area contributed by atoms with Crippen LogP contribution in [-0.4, -0.2) is 53.5 Å². The maximum absolute atomic E-state index is 12.1. The summed E-state index contributed by atoms with van der Waals surface area (Å²) in [5, 5.41) is 0. The first-order valence-electron chi connectivity index (χ1n) is 7.76. The summed E-state index contributed by atoms with van der Waals surface area (Å²) in [6.07, 6.45) is 6.38. The fourth-order valence-electron chi connectivity index (χ4n) is 3.17. The molecule has 0 aromatic rings. The fourth-order valence-corrected chi connectivity index (χ4v) is 3.17. The van der Waals surface area contributed by atoms with Crippen LogP contribution < -0.4 is 5.73 Å². The molecule has 2 aliphatic rings. The van der Waals surface area contributed by atoms with Crippen LogP contribution in [-0.2, 0) is 4.79 Å². The average Bonchev–Trinajstić information content (AvgIpc) is 2.89. The Bertz CT molecular complexity index is 297. The highest BCUT2D eigenvalue weighted by Gasteiger charge is 2.28. The van der Waals surface area contributed by atoms with Crippen molar-refractivity contribution >= 4 is 5.91 Å². The summed E-state index contributed by atoms with van der Waals surface area (Å²) in [6, 6.07) is 0.720. The van der Waals surface area contributed by atoms with E-state index in [2.05, 4.69) is 4.90 Å². The van der Waals surface area contributed by atoms with E-state index in [1.165, 1.54) is 25.9 Å². The van der Waals surface area contributed by atoms with Crippen LogP contribution in [0, 0.1) is 0 Å². The van der Waals surface area contributed by atoms with E-state index in [1.807, 2.05) is 18.7 Å². The van der Waals surface area contributed by atoms with E-state index < -0.39 is 0 Å². The standard InChI is InChI=1S/C15H29N3O/c1-15(2,16)8-5-14(19)18-11-6-13(7-12-18)17-9-3-4-10-17/h13H,3-12,16H2,1-2H3. The predicted molar refractivity (Wildman–Crippen MR) is 77.9 cm³/mol. The fraction of sp³-hybridized carbons (Fsp3) is 0.933. The van der Waals surface area contributed by atoms with Gasteiger partial charge in [-0.3, -0.25) is 4.79 Å². The summed E-state index contributed by atoms with van der Waals surface area (Å²) in [7, 11) is 0. The number of carbonyl (C=O) groups excluding carboxylic acids is 1. The van der Waals surface area contributed by atoms with Crippen molar-refractivity contribution in [3.8, 4) is 0 Å². The van der Waals surface area contributed by atoms with Crippen molar-refractivity contribution in [2.75, 3.05) is 26.2 Å². The summed E-state index contributed by atoms with van der Waals surface area (Å²) in [5.74, 6) is 0.290. The van der Waals surface area contributed by atoms with Gasteiger partial charge in [0.1, 0.15) is 0 Å². The third-order valence-corrected chi connectivity index (χ3v) is 4.46. The molecule has 4 heteroatoms. The van der Waals surface area contributed by atoms with Gasteiger partial charge < -0.3 is 15.5 Å². The Labute approximate surface area is 117 Å². The van der Waals surface area contributed by atoms with Crippen LogP contribution in [0.5, 0.6) is 0 Å².